The highest BCUT2D eigenvalue weighted by atomic mass is 16.5. The predicted molar refractivity (Wildman–Crippen MR) is 115 cm³/mol. The summed E-state index contributed by atoms with van der Waals surface area (Å²) in [6.07, 6.45) is 20.8. The number of rotatable bonds is 2. The average molecular weight is 397 g/mol. The number of esters is 1. The molecule has 0 fully saturated rings. The lowest BCUT2D eigenvalue weighted by atomic mass is 10.00. The second-order valence-corrected chi connectivity index (χ2v) is 8.61. The minimum absolute atomic E-state index is 0.361. The van der Waals surface area contributed by atoms with Crippen LogP contribution in [0.5, 0.6) is 0 Å². The normalized spacial score (nSPS) is 27.2. The van der Waals surface area contributed by atoms with Crippen molar-refractivity contribution < 1.29 is 19.7 Å². The van der Waals surface area contributed by atoms with Crippen molar-refractivity contribution in [3.63, 3.8) is 0 Å². The SMILES string of the molecule is CC(O)CC1CC(O)CCCCCCCCCCCCCCCC=CC(=O)O1. The van der Waals surface area contributed by atoms with Crippen LogP contribution in [0.3, 0.4) is 0 Å². The van der Waals surface area contributed by atoms with Crippen LogP contribution in [0.4, 0.5) is 0 Å². The summed E-state index contributed by atoms with van der Waals surface area (Å²) in [6.45, 7) is 1.69. The van der Waals surface area contributed by atoms with Crippen molar-refractivity contribution in [2.24, 2.45) is 0 Å². The summed E-state index contributed by atoms with van der Waals surface area (Å²) in [5, 5.41) is 20.0. The lowest BCUT2D eigenvalue weighted by Gasteiger charge is -2.21. The monoisotopic (exact) mass is 396 g/mol. The van der Waals surface area contributed by atoms with E-state index in [1.165, 1.54) is 70.3 Å². The second-order valence-electron chi connectivity index (χ2n) is 8.61. The fourth-order valence-electron chi connectivity index (χ4n) is 3.96. The Morgan fingerprint density at radius 2 is 1.43 bits per heavy atom. The number of cyclic esters (lactones) is 1. The molecule has 0 aromatic rings. The van der Waals surface area contributed by atoms with E-state index in [0.717, 1.165) is 32.1 Å². The van der Waals surface area contributed by atoms with E-state index in [-0.39, 0.29) is 5.97 Å². The molecular weight excluding hydrogens is 352 g/mol. The summed E-state index contributed by atoms with van der Waals surface area (Å²) in [6, 6.07) is 0. The maximum atomic E-state index is 12.1. The quantitative estimate of drug-likeness (QED) is 0.575. The minimum atomic E-state index is -0.549. The first-order valence-corrected chi connectivity index (χ1v) is 11.8. The zero-order valence-electron chi connectivity index (χ0n) is 18.1. The molecule has 2 N–H and O–H groups in total. The molecule has 1 aliphatic heterocycles. The van der Waals surface area contributed by atoms with Crippen molar-refractivity contribution in [3.8, 4) is 0 Å². The zero-order chi connectivity index (χ0) is 20.5. The van der Waals surface area contributed by atoms with Crippen molar-refractivity contribution in [1.29, 1.82) is 0 Å². The number of carbonyl (C=O) groups is 1. The molecule has 0 aliphatic carbocycles. The standard InChI is InChI=1S/C24H44O4/c1-21(25)19-23-20-22(26)17-15-13-11-9-7-5-3-2-4-6-8-10-12-14-16-18-24(27)28-23/h16,18,21-23,25-26H,2-15,17,19-20H2,1H3. The van der Waals surface area contributed by atoms with Gasteiger partial charge in [-0.1, -0.05) is 83.1 Å². The number of hydrogen-bond acceptors (Lipinski definition) is 4. The molecule has 0 aromatic carbocycles. The number of aliphatic hydroxyl groups is 2. The van der Waals surface area contributed by atoms with E-state index in [1.54, 1.807) is 6.92 Å². The van der Waals surface area contributed by atoms with Gasteiger partial charge < -0.3 is 14.9 Å². The molecule has 0 amide bonds. The third-order valence-corrected chi connectivity index (χ3v) is 5.58. The van der Waals surface area contributed by atoms with Crippen LogP contribution in [0.15, 0.2) is 12.2 Å². The van der Waals surface area contributed by atoms with Crippen LogP contribution < -0.4 is 0 Å². The second kappa shape index (κ2) is 17.0. The summed E-state index contributed by atoms with van der Waals surface area (Å²) < 4.78 is 5.50. The van der Waals surface area contributed by atoms with Crippen molar-refractivity contribution in [2.75, 3.05) is 0 Å². The Morgan fingerprint density at radius 3 is 1.96 bits per heavy atom. The van der Waals surface area contributed by atoms with E-state index in [9.17, 15) is 15.0 Å². The Morgan fingerprint density at radius 1 is 0.929 bits per heavy atom. The summed E-state index contributed by atoms with van der Waals surface area (Å²) in [7, 11) is 0. The van der Waals surface area contributed by atoms with Gasteiger partial charge >= 0.3 is 5.97 Å². The minimum Gasteiger partial charge on any atom is -0.459 e. The van der Waals surface area contributed by atoms with E-state index >= 15 is 0 Å². The topological polar surface area (TPSA) is 66.8 Å². The van der Waals surface area contributed by atoms with Crippen molar-refractivity contribution >= 4 is 5.97 Å². The zero-order valence-corrected chi connectivity index (χ0v) is 18.1. The molecule has 1 aliphatic rings. The molecule has 28 heavy (non-hydrogen) atoms. The third kappa shape index (κ3) is 15.1. The first-order valence-electron chi connectivity index (χ1n) is 11.8. The van der Waals surface area contributed by atoms with Crippen LogP contribution in [0.1, 0.15) is 116 Å². The molecule has 0 bridgehead atoms. The van der Waals surface area contributed by atoms with Crippen LogP contribution in [0.25, 0.3) is 0 Å². The molecule has 0 saturated heterocycles. The van der Waals surface area contributed by atoms with Crippen LogP contribution in [-0.4, -0.2) is 34.5 Å². The summed E-state index contributed by atoms with van der Waals surface area (Å²) in [5.74, 6) is -0.361. The number of ether oxygens (including phenoxy) is 1. The number of carbonyl (C=O) groups excluding carboxylic acids is 1. The van der Waals surface area contributed by atoms with E-state index < -0.39 is 18.3 Å². The van der Waals surface area contributed by atoms with Gasteiger partial charge in [0.25, 0.3) is 0 Å². The fourth-order valence-corrected chi connectivity index (χ4v) is 3.96. The lowest BCUT2D eigenvalue weighted by Crippen LogP contribution is -2.26. The fraction of sp³-hybridized carbons (Fsp3) is 0.875. The summed E-state index contributed by atoms with van der Waals surface area (Å²) in [4.78, 5) is 12.1. The highest BCUT2D eigenvalue weighted by Crippen LogP contribution is 2.17. The molecule has 0 aromatic heterocycles. The molecule has 3 unspecified atom stereocenters. The average Bonchev–Trinajstić information content (AvgIpc) is 2.62. The van der Waals surface area contributed by atoms with Crippen LogP contribution in [0.2, 0.25) is 0 Å². The predicted octanol–water partition coefficient (Wildman–Crippen LogP) is 5.84. The van der Waals surface area contributed by atoms with Crippen LogP contribution in [-0.2, 0) is 9.53 Å². The number of aliphatic hydroxyl groups excluding tert-OH is 2. The molecule has 1 rings (SSSR count). The highest BCUT2D eigenvalue weighted by Gasteiger charge is 2.19. The van der Waals surface area contributed by atoms with Crippen LogP contribution >= 0.6 is 0 Å². The Labute approximate surface area is 172 Å². The van der Waals surface area contributed by atoms with Gasteiger partial charge in [0.2, 0.25) is 0 Å². The van der Waals surface area contributed by atoms with E-state index in [2.05, 4.69) is 0 Å². The maximum Gasteiger partial charge on any atom is 0.330 e. The van der Waals surface area contributed by atoms with Gasteiger partial charge in [0.05, 0.1) is 12.2 Å². The van der Waals surface area contributed by atoms with Gasteiger partial charge in [0, 0.05) is 18.9 Å². The molecule has 4 heteroatoms. The summed E-state index contributed by atoms with van der Waals surface area (Å²) in [5.41, 5.74) is 0. The Kier molecular flexibility index (Phi) is 15.3. The third-order valence-electron chi connectivity index (χ3n) is 5.58. The molecule has 0 radical (unpaired) electrons. The van der Waals surface area contributed by atoms with Gasteiger partial charge in [-0.15, -0.1) is 0 Å². The molecule has 1 heterocycles. The molecular formula is C24H44O4. The highest BCUT2D eigenvalue weighted by molar-refractivity contribution is 5.82. The van der Waals surface area contributed by atoms with Gasteiger partial charge in [0.15, 0.2) is 0 Å². The molecule has 0 spiro atoms. The molecule has 3 atom stereocenters. The van der Waals surface area contributed by atoms with E-state index in [0.29, 0.717) is 12.8 Å². The summed E-state index contributed by atoms with van der Waals surface area (Å²) >= 11 is 0. The van der Waals surface area contributed by atoms with Gasteiger partial charge in [0.1, 0.15) is 6.10 Å². The molecule has 164 valence electrons. The van der Waals surface area contributed by atoms with Gasteiger partial charge in [-0.05, 0) is 26.2 Å². The number of allylic oxidation sites excluding steroid dienone is 1. The molecule has 0 saturated carbocycles. The maximum absolute atomic E-state index is 12.1. The van der Waals surface area contributed by atoms with Crippen molar-refractivity contribution in [2.45, 2.75) is 134 Å². The van der Waals surface area contributed by atoms with Crippen LogP contribution in [0, 0.1) is 0 Å². The van der Waals surface area contributed by atoms with Gasteiger partial charge in [-0.25, -0.2) is 4.79 Å². The van der Waals surface area contributed by atoms with E-state index in [4.69, 9.17) is 4.74 Å². The van der Waals surface area contributed by atoms with Crippen molar-refractivity contribution in [1.82, 2.24) is 0 Å². The molecule has 4 nitrogen and oxygen atoms in total. The number of hydrogen-bond donors (Lipinski definition) is 2. The van der Waals surface area contributed by atoms with E-state index in [1.807, 2.05) is 6.08 Å². The van der Waals surface area contributed by atoms with Gasteiger partial charge in [-0.2, -0.15) is 0 Å². The van der Waals surface area contributed by atoms with Crippen molar-refractivity contribution in [3.05, 3.63) is 12.2 Å². The largest absolute Gasteiger partial charge is 0.459 e. The smallest absolute Gasteiger partial charge is 0.330 e. The Balaban J connectivity index is 2.47. The Bertz CT molecular complexity index is 405. The van der Waals surface area contributed by atoms with Gasteiger partial charge in [-0.3, -0.25) is 0 Å². The first-order chi connectivity index (χ1) is 13.6. The lowest BCUT2D eigenvalue weighted by molar-refractivity contribution is -0.145. The first kappa shape index (κ1) is 25.2. The Hall–Kier alpha value is -0.870.